The molecule has 2 fully saturated rings. The minimum absolute atomic E-state index is 0.00454. The molecule has 0 aromatic rings. The maximum Gasteiger partial charge on any atom is 0.407 e. The van der Waals surface area contributed by atoms with Gasteiger partial charge in [0, 0.05) is 19.1 Å². The Labute approximate surface area is 95.0 Å². The molecule has 0 aliphatic carbocycles. The second-order valence-electron chi connectivity index (χ2n) is 4.66. The van der Waals surface area contributed by atoms with Gasteiger partial charge in [-0.05, 0) is 32.6 Å². The van der Waals surface area contributed by atoms with Gasteiger partial charge in [0.05, 0.1) is 0 Å². The van der Waals surface area contributed by atoms with Gasteiger partial charge >= 0.3 is 6.09 Å². The van der Waals surface area contributed by atoms with Crippen LogP contribution in [0.2, 0.25) is 0 Å². The van der Waals surface area contributed by atoms with Crippen molar-refractivity contribution >= 4 is 12.0 Å². The summed E-state index contributed by atoms with van der Waals surface area (Å²) in [4.78, 5) is 26.3. The maximum absolute atomic E-state index is 12.2. The summed E-state index contributed by atoms with van der Waals surface area (Å²) < 4.78 is 0. The van der Waals surface area contributed by atoms with E-state index in [0.717, 1.165) is 25.8 Å². The molecule has 2 aliphatic heterocycles. The minimum atomic E-state index is -0.970. The fourth-order valence-corrected chi connectivity index (χ4v) is 2.70. The molecule has 0 spiro atoms. The van der Waals surface area contributed by atoms with E-state index in [1.807, 2.05) is 11.8 Å². The van der Waals surface area contributed by atoms with Crippen LogP contribution in [0.1, 0.15) is 32.6 Å². The van der Waals surface area contributed by atoms with Gasteiger partial charge in [0.15, 0.2) is 0 Å². The number of amides is 2. The maximum atomic E-state index is 12.2. The van der Waals surface area contributed by atoms with E-state index < -0.39 is 12.1 Å². The Kier molecular flexibility index (Phi) is 3.03. The van der Waals surface area contributed by atoms with Gasteiger partial charge in [-0.1, -0.05) is 0 Å². The van der Waals surface area contributed by atoms with Gasteiger partial charge in [-0.15, -0.1) is 0 Å². The third-order valence-electron chi connectivity index (χ3n) is 3.62. The standard InChI is InChI=1S/C11H18N2O3/c1-8-4-2-6-12(8)10(14)9-5-3-7-13(9)11(15)16/h8-9H,2-7H2,1H3,(H,15,16)/t8-,9+/m1/s1. The summed E-state index contributed by atoms with van der Waals surface area (Å²) in [5.74, 6) is 0.00454. The number of carbonyl (C=O) groups is 2. The Hall–Kier alpha value is -1.26. The van der Waals surface area contributed by atoms with Gasteiger partial charge in [0.2, 0.25) is 5.91 Å². The van der Waals surface area contributed by atoms with Gasteiger partial charge in [-0.25, -0.2) is 4.79 Å². The summed E-state index contributed by atoms with van der Waals surface area (Å²) in [6, 6.07) is -0.165. The molecule has 5 nitrogen and oxygen atoms in total. The highest BCUT2D eigenvalue weighted by Gasteiger charge is 2.38. The van der Waals surface area contributed by atoms with Crippen molar-refractivity contribution in [1.29, 1.82) is 0 Å². The van der Waals surface area contributed by atoms with Gasteiger partial charge in [-0.2, -0.15) is 0 Å². The molecular formula is C11H18N2O3. The molecule has 0 aromatic heterocycles. The Morgan fingerprint density at radius 3 is 2.31 bits per heavy atom. The molecule has 1 N–H and O–H groups in total. The summed E-state index contributed by atoms with van der Waals surface area (Å²) in [7, 11) is 0. The molecule has 16 heavy (non-hydrogen) atoms. The molecule has 90 valence electrons. The van der Waals surface area contributed by atoms with Crippen LogP contribution in [-0.2, 0) is 4.79 Å². The van der Waals surface area contributed by atoms with Gasteiger partial charge in [0.1, 0.15) is 6.04 Å². The van der Waals surface area contributed by atoms with Crippen LogP contribution in [0.3, 0.4) is 0 Å². The van der Waals surface area contributed by atoms with Crippen molar-refractivity contribution in [3.8, 4) is 0 Å². The highest BCUT2D eigenvalue weighted by atomic mass is 16.4. The third-order valence-corrected chi connectivity index (χ3v) is 3.62. The molecule has 5 heteroatoms. The normalized spacial score (nSPS) is 29.8. The van der Waals surface area contributed by atoms with Crippen molar-refractivity contribution in [3.05, 3.63) is 0 Å². The van der Waals surface area contributed by atoms with Crippen LogP contribution in [0.25, 0.3) is 0 Å². The number of rotatable bonds is 1. The number of carbonyl (C=O) groups excluding carboxylic acids is 1. The molecule has 0 bridgehead atoms. The molecule has 0 saturated carbocycles. The SMILES string of the molecule is C[C@@H]1CCCN1C(=O)[C@@H]1CCCN1C(=O)O. The van der Waals surface area contributed by atoms with Gasteiger partial charge in [-0.3, -0.25) is 9.69 Å². The monoisotopic (exact) mass is 226 g/mol. The average Bonchev–Trinajstić information content (AvgIpc) is 2.84. The quantitative estimate of drug-likeness (QED) is 0.729. The smallest absolute Gasteiger partial charge is 0.407 e. The Morgan fingerprint density at radius 2 is 1.75 bits per heavy atom. The lowest BCUT2D eigenvalue weighted by atomic mass is 10.2. The van der Waals surface area contributed by atoms with E-state index in [0.29, 0.717) is 13.0 Å². The van der Waals surface area contributed by atoms with Crippen molar-refractivity contribution in [3.63, 3.8) is 0 Å². The molecule has 2 atom stereocenters. The lowest BCUT2D eigenvalue weighted by molar-refractivity contribution is -0.136. The van der Waals surface area contributed by atoms with E-state index in [9.17, 15) is 9.59 Å². The lowest BCUT2D eigenvalue weighted by Crippen LogP contribution is -2.48. The van der Waals surface area contributed by atoms with Crippen LogP contribution >= 0.6 is 0 Å². The molecule has 2 rings (SSSR count). The summed E-state index contributed by atoms with van der Waals surface area (Å²) in [6.45, 7) is 3.31. The van der Waals surface area contributed by atoms with E-state index in [1.165, 1.54) is 4.90 Å². The minimum Gasteiger partial charge on any atom is -0.465 e. The van der Waals surface area contributed by atoms with Crippen molar-refractivity contribution in [1.82, 2.24) is 9.80 Å². The van der Waals surface area contributed by atoms with Crippen LogP contribution in [-0.4, -0.2) is 52.1 Å². The first-order chi connectivity index (χ1) is 7.61. The Balaban J connectivity index is 2.06. The van der Waals surface area contributed by atoms with Crippen molar-refractivity contribution < 1.29 is 14.7 Å². The fourth-order valence-electron chi connectivity index (χ4n) is 2.70. The van der Waals surface area contributed by atoms with E-state index in [1.54, 1.807) is 0 Å². The van der Waals surface area contributed by atoms with E-state index in [-0.39, 0.29) is 11.9 Å². The summed E-state index contributed by atoms with van der Waals surface area (Å²) in [6.07, 6.45) is 2.57. The molecule has 2 saturated heterocycles. The molecule has 0 aromatic carbocycles. The molecule has 2 amide bonds. The van der Waals surface area contributed by atoms with E-state index in [4.69, 9.17) is 5.11 Å². The van der Waals surface area contributed by atoms with Crippen LogP contribution < -0.4 is 0 Å². The predicted molar refractivity (Wildman–Crippen MR) is 58.2 cm³/mol. The van der Waals surface area contributed by atoms with Crippen LogP contribution in [0, 0.1) is 0 Å². The van der Waals surface area contributed by atoms with E-state index >= 15 is 0 Å². The predicted octanol–water partition coefficient (Wildman–Crippen LogP) is 1.14. The Morgan fingerprint density at radius 1 is 1.12 bits per heavy atom. The van der Waals surface area contributed by atoms with Gasteiger partial charge in [0.25, 0.3) is 0 Å². The van der Waals surface area contributed by atoms with E-state index in [2.05, 4.69) is 0 Å². The van der Waals surface area contributed by atoms with Crippen LogP contribution in [0.15, 0.2) is 0 Å². The summed E-state index contributed by atoms with van der Waals surface area (Å²) in [5.41, 5.74) is 0. The number of nitrogens with zero attached hydrogens (tertiary/aromatic N) is 2. The van der Waals surface area contributed by atoms with Crippen LogP contribution in [0.5, 0.6) is 0 Å². The third kappa shape index (κ3) is 1.86. The van der Waals surface area contributed by atoms with Crippen molar-refractivity contribution in [2.75, 3.05) is 13.1 Å². The molecule has 0 radical (unpaired) electrons. The highest BCUT2D eigenvalue weighted by molar-refractivity contribution is 5.86. The second-order valence-corrected chi connectivity index (χ2v) is 4.66. The number of hydrogen-bond acceptors (Lipinski definition) is 2. The zero-order valence-electron chi connectivity index (χ0n) is 9.56. The zero-order valence-corrected chi connectivity index (χ0v) is 9.56. The number of likely N-dealkylation sites (tertiary alicyclic amines) is 2. The largest absolute Gasteiger partial charge is 0.465 e. The molecule has 0 unspecified atom stereocenters. The van der Waals surface area contributed by atoms with Gasteiger partial charge < -0.3 is 10.0 Å². The average molecular weight is 226 g/mol. The second kappa shape index (κ2) is 4.31. The zero-order chi connectivity index (χ0) is 11.7. The fraction of sp³-hybridized carbons (Fsp3) is 0.818. The summed E-state index contributed by atoms with van der Waals surface area (Å²) >= 11 is 0. The van der Waals surface area contributed by atoms with Crippen LogP contribution in [0.4, 0.5) is 4.79 Å². The lowest BCUT2D eigenvalue weighted by Gasteiger charge is -2.28. The Bertz CT molecular complexity index is 306. The summed E-state index contributed by atoms with van der Waals surface area (Å²) in [5, 5.41) is 9.00. The first-order valence-electron chi connectivity index (χ1n) is 5.91. The number of hydrogen-bond donors (Lipinski definition) is 1. The van der Waals surface area contributed by atoms with Crippen molar-refractivity contribution in [2.45, 2.75) is 44.7 Å². The highest BCUT2D eigenvalue weighted by Crippen LogP contribution is 2.24. The first-order valence-corrected chi connectivity index (χ1v) is 5.91. The molecular weight excluding hydrogens is 208 g/mol. The topological polar surface area (TPSA) is 60.9 Å². The first kappa shape index (κ1) is 11.2. The van der Waals surface area contributed by atoms with Crippen molar-refractivity contribution in [2.24, 2.45) is 0 Å². The molecule has 2 aliphatic rings. The molecule has 2 heterocycles. The number of carboxylic acid groups (broad SMARTS) is 1.